The molecule has 0 radical (unpaired) electrons. The van der Waals surface area contributed by atoms with Gasteiger partial charge in [-0.1, -0.05) is 18.2 Å². The van der Waals surface area contributed by atoms with Crippen LogP contribution in [0.2, 0.25) is 0 Å². The van der Waals surface area contributed by atoms with Crippen molar-refractivity contribution in [1.29, 1.82) is 0 Å². The van der Waals surface area contributed by atoms with Crippen molar-refractivity contribution in [3.63, 3.8) is 0 Å². The smallest absolute Gasteiger partial charge is 0.317 e. The molecule has 3 amide bonds. The largest absolute Gasteiger partial charge is 0.354 e. The molecule has 3 rings (SSSR count). The number of benzene rings is 1. The molecular formula is C17H22N4O2. The monoisotopic (exact) mass is 314 g/mol. The molecule has 1 aromatic heterocycles. The zero-order valence-electron chi connectivity index (χ0n) is 13.3. The lowest BCUT2D eigenvalue weighted by Gasteiger charge is -2.20. The summed E-state index contributed by atoms with van der Waals surface area (Å²) in [5.74, 6) is -0.0927. The summed E-state index contributed by atoms with van der Waals surface area (Å²) in [6.45, 7) is 4.70. The van der Waals surface area contributed by atoms with Crippen LogP contribution in [0.5, 0.6) is 0 Å². The zero-order chi connectivity index (χ0) is 16.2. The average molecular weight is 314 g/mol. The van der Waals surface area contributed by atoms with Gasteiger partial charge in [0.25, 0.3) is 0 Å². The van der Waals surface area contributed by atoms with Crippen molar-refractivity contribution in [1.82, 2.24) is 20.1 Å². The fraction of sp³-hybridized carbons (Fsp3) is 0.412. The van der Waals surface area contributed by atoms with Gasteiger partial charge in [0.2, 0.25) is 5.91 Å². The van der Waals surface area contributed by atoms with E-state index in [1.807, 2.05) is 12.1 Å². The number of hydrogen-bond donors (Lipinski definition) is 2. The Kier molecular flexibility index (Phi) is 4.50. The number of aromatic nitrogens is 1. The first kappa shape index (κ1) is 15.4. The number of hydrogen-bond acceptors (Lipinski definition) is 2. The first-order valence-electron chi connectivity index (χ1n) is 7.99. The summed E-state index contributed by atoms with van der Waals surface area (Å²) in [7, 11) is 0. The summed E-state index contributed by atoms with van der Waals surface area (Å²) in [6.07, 6.45) is 0.792. The lowest BCUT2D eigenvalue weighted by molar-refractivity contribution is -0.121. The minimum atomic E-state index is -0.170. The molecule has 1 aromatic carbocycles. The Balaban J connectivity index is 1.59. The van der Waals surface area contributed by atoms with E-state index in [2.05, 4.69) is 40.3 Å². The molecule has 2 N–H and O–H groups in total. The third kappa shape index (κ3) is 3.47. The van der Waals surface area contributed by atoms with Crippen LogP contribution in [-0.2, 0) is 11.3 Å². The van der Waals surface area contributed by atoms with Gasteiger partial charge in [0, 0.05) is 37.4 Å². The van der Waals surface area contributed by atoms with Crippen LogP contribution in [0.1, 0.15) is 12.1 Å². The second-order valence-electron chi connectivity index (χ2n) is 5.85. The lowest BCUT2D eigenvalue weighted by Crippen LogP contribution is -2.44. The summed E-state index contributed by atoms with van der Waals surface area (Å²) in [4.78, 5) is 25.3. The lowest BCUT2D eigenvalue weighted by atomic mass is 10.2. The van der Waals surface area contributed by atoms with Gasteiger partial charge >= 0.3 is 6.03 Å². The van der Waals surface area contributed by atoms with Gasteiger partial charge in [-0.2, -0.15) is 0 Å². The number of carbonyl (C=O) groups is 2. The number of amides is 3. The van der Waals surface area contributed by atoms with Gasteiger partial charge in [-0.25, -0.2) is 4.79 Å². The molecule has 122 valence electrons. The number of para-hydroxylation sites is 1. The van der Waals surface area contributed by atoms with Gasteiger partial charge in [0.1, 0.15) is 6.54 Å². The van der Waals surface area contributed by atoms with Crippen molar-refractivity contribution in [3.8, 4) is 0 Å². The molecule has 0 spiro atoms. The summed E-state index contributed by atoms with van der Waals surface area (Å²) in [5, 5.41) is 6.90. The highest BCUT2D eigenvalue weighted by molar-refractivity contribution is 5.84. The molecule has 0 atom stereocenters. The van der Waals surface area contributed by atoms with Gasteiger partial charge < -0.3 is 20.1 Å². The van der Waals surface area contributed by atoms with E-state index in [0.29, 0.717) is 26.2 Å². The number of rotatable bonds is 3. The molecule has 1 fully saturated rings. The van der Waals surface area contributed by atoms with Crippen LogP contribution in [0.15, 0.2) is 30.3 Å². The molecule has 2 heterocycles. The highest BCUT2D eigenvalue weighted by atomic mass is 16.2. The topological polar surface area (TPSA) is 66.4 Å². The predicted octanol–water partition coefficient (Wildman–Crippen LogP) is 1.48. The van der Waals surface area contributed by atoms with E-state index in [4.69, 9.17) is 0 Å². The molecule has 0 bridgehead atoms. The van der Waals surface area contributed by atoms with Gasteiger partial charge in [-0.15, -0.1) is 0 Å². The van der Waals surface area contributed by atoms with E-state index >= 15 is 0 Å². The van der Waals surface area contributed by atoms with Crippen LogP contribution in [0.3, 0.4) is 0 Å². The third-order valence-electron chi connectivity index (χ3n) is 4.18. The van der Waals surface area contributed by atoms with Crippen molar-refractivity contribution in [3.05, 3.63) is 36.0 Å². The quantitative estimate of drug-likeness (QED) is 0.901. The molecule has 23 heavy (non-hydrogen) atoms. The Hall–Kier alpha value is -2.50. The van der Waals surface area contributed by atoms with Gasteiger partial charge in [0.15, 0.2) is 0 Å². The Morgan fingerprint density at radius 1 is 1.35 bits per heavy atom. The van der Waals surface area contributed by atoms with Gasteiger partial charge in [-0.05, 0) is 30.9 Å². The molecule has 6 nitrogen and oxygen atoms in total. The third-order valence-corrected chi connectivity index (χ3v) is 4.18. The first-order chi connectivity index (χ1) is 11.1. The molecule has 0 unspecified atom stereocenters. The predicted molar refractivity (Wildman–Crippen MR) is 89.3 cm³/mol. The van der Waals surface area contributed by atoms with E-state index in [-0.39, 0.29) is 18.5 Å². The summed E-state index contributed by atoms with van der Waals surface area (Å²) < 4.78 is 2.20. The van der Waals surface area contributed by atoms with Crippen molar-refractivity contribution in [2.75, 3.05) is 26.2 Å². The Bertz CT molecular complexity index is 722. The van der Waals surface area contributed by atoms with Crippen LogP contribution in [0.4, 0.5) is 4.79 Å². The average Bonchev–Trinajstić information content (AvgIpc) is 2.70. The molecule has 6 heteroatoms. The fourth-order valence-electron chi connectivity index (χ4n) is 3.01. The second kappa shape index (κ2) is 6.73. The Labute approximate surface area is 135 Å². The Morgan fingerprint density at radius 3 is 3.04 bits per heavy atom. The van der Waals surface area contributed by atoms with E-state index in [0.717, 1.165) is 6.42 Å². The second-order valence-corrected chi connectivity index (χ2v) is 5.85. The summed E-state index contributed by atoms with van der Waals surface area (Å²) in [5.41, 5.74) is 2.35. The molecule has 1 aliphatic heterocycles. The van der Waals surface area contributed by atoms with Crippen LogP contribution in [0.25, 0.3) is 10.9 Å². The van der Waals surface area contributed by atoms with Crippen LogP contribution in [-0.4, -0.2) is 47.6 Å². The van der Waals surface area contributed by atoms with E-state index in [9.17, 15) is 9.59 Å². The first-order valence-corrected chi connectivity index (χ1v) is 7.99. The molecular weight excluding hydrogens is 292 g/mol. The number of aryl methyl sites for hydroxylation is 1. The number of fused-ring (bicyclic) bond motifs is 1. The van der Waals surface area contributed by atoms with Crippen LogP contribution >= 0.6 is 0 Å². The van der Waals surface area contributed by atoms with Gasteiger partial charge in [-0.3, -0.25) is 4.79 Å². The number of urea groups is 1. The van der Waals surface area contributed by atoms with Crippen molar-refractivity contribution in [2.24, 2.45) is 0 Å². The van der Waals surface area contributed by atoms with E-state index in [1.165, 1.54) is 16.6 Å². The zero-order valence-corrected chi connectivity index (χ0v) is 13.3. The highest BCUT2D eigenvalue weighted by Crippen LogP contribution is 2.18. The number of nitrogens with one attached hydrogen (secondary N) is 2. The minimum Gasteiger partial charge on any atom is -0.354 e. The summed E-state index contributed by atoms with van der Waals surface area (Å²) >= 11 is 0. The fourth-order valence-corrected chi connectivity index (χ4v) is 3.01. The maximum Gasteiger partial charge on any atom is 0.317 e. The standard InChI is InChI=1S/C17H22N4O2/c1-13-11-14-5-2-3-6-15(14)21(13)10-8-19-17(23)20-9-4-7-18-16(22)12-20/h2-3,5-6,11H,4,7-10,12H2,1H3,(H,18,22)(H,19,23). The van der Waals surface area contributed by atoms with E-state index < -0.39 is 0 Å². The SMILES string of the molecule is Cc1cc2ccccc2n1CCNC(=O)N1CCCNC(=O)C1. The molecule has 2 aromatic rings. The van der Waals surface area contributed by atoms with Crippen molar-refractivity contribution >= 4 is 22.8 Å². The minimum absolute atomic E-state index is 0.0927. The molecule has 1 saturated heterocycles. The molecule has 0 aliphatic carbocycles. The number of nitrogens with zero attached hydrogens (tertiary/aromatic N) is 2. The van der Waals surface area contributed by atoms with Crippen molar-refractivity contribution in [2.45, 2.75) is 19.9 Å². The van der Waals surface area contributed by atoms with Gasteiger partial charge in [0.05, 0.1) is 0 Å². The molecule has 1 aliphatic rings. The van der Waals surface area contributed by atoms with Crippen molar-refractivity contribution < 1.29 is 9.59 Å². The highest BCUT2D eigenvalue weighted by Gasteiger charge is 2.19. The Morgan fingerprint density at radius 2 is 2.17 bits per heavy atom. The van der Waals surface area contributed by atoms with Crippen LogP contribution in [0, 0.1) is 6.92 Å². The summed E-state index contributed by atoms with van der Waals surface area (Å²) in [6, 6.07) is 10.2. The number of carbonyl (C=O) groups excluding carboxylic acids is 2. The van der Waals surface area contributed by atoms with Crippen LogP contribution < -0.4 is 10.6 Å². The maximum atomic E-state index is 12.2. The van der Waals surface area contributed by atoms with E-state index in [1.54, 1.807) is 4.90 Å². The maximum absolute atomic E-state index is 12.2. The normalized spacial score (nSPS) is 15.3. The molecule has 0 saturated carbocycles.